The Morgan fingerprint density at radius 1 is 1.00 bits per heavy atom. The molecule has 0 radical (unpaired) electrons. The van der Waals surface area contributed by atoms with Gasteiger partial charge in [0.25, 0.3) is 0 Å². The fourth-order valence-electron chi connectivity index (χ4n) is 4.52. The standard InChI is InChI=1S/C21H28N2O2/c1-16-5-4-6-18(15-16)21(9-10-21)20(25)23-13-7-17(8-14-23)19(24)22-11-2-3-12-22/h4-6,15,17H,2-3,7-14H2,1H3. The van der Waals surface area contributed by atoms with Crippen LogP contribution in [0.2, 0.25) is 0 Å². The molecule has 2 aliphatic heterocycles. The average Bonchev–Trinajstić information content (AvgIpc) is 3.27. The molecule has 4 nitrogen and oxygen atoms in total. The van der Waals surface area contributed by atoms with Gasteiger partial charge in [0.2, 0.25) is 11.8 Å². The summed E-state index contributed by atoms with van der Waals surface area (Å²) in [5, 5.41) is 0. The van der Waals surface area contributed by atoms with E-state index in [-0.39, 0.29) is 17.2 Å². The van der Waals surface area contributed by atoms with Crippen LogP contribution in [0.5, 0.6) is 0 Å². The smallest absolute Gasteiger partial charge is 0.233 e. The van der Waals surface area contributed by atoms with Crippen molar-refractivity contribution in [3.8, 4) is 0 Å². The fraction of sp³-hybridized carbons (Fsp3) is 0.619. The molecular formula is C21H28N2O2. The van der Waals surface area contributed by atoms with E-state index in [9.17, 15) is 9.59 Å². The van der Waals surface area contributed by atoms with Gasteiger partial charge < -0.3 is 9.80 Å². The van der Waals surface area contributed by atoms with Crippen molar-refractivity contribution in [1.82, 2.24) is 9.80 Å². The van der Waals surface area contributed by atoms with Gasteiger partial charge in [-0.1, -0.05) is 29.8 Å². The summed E-state index contributed by atoms with van der Waals surface area (Å²) in [6.45, 7) is 5.40. The van der Waals surface area contributed by atoms with Crippen LogP contribution in [0.1, 0.15) is 49.7 Å². The summed E-state index contributed by atoms with van der Waals surface area (Å²) in [6.07, 6.45) is 5.85. The summed E-state index contributed by atoms with van der Waals surface area (Å²) in [5.74, 6) is 0.728. The highest BCUT2D eigenvalue weighted by atomic mass is 16.2. The van der Waals surface area contributed by atoms with Crippen LogP contribution < -0.4 is 0 Å². The van der Waals surface area contributed by atoms with Gasteiger partial charge in [0.1, 0.15) is 0 Å². The predicted octanol–water partition coefficient (Wildman–Crippen LogP) is 2.89. The van der Waals surface area contributed by atoms with Crippen molar-refractivity contribution >= 4 is 11.8 Å². The SMILES string of the molecule is Cc1cccc(C2(C(=O)N3CCC(C(=O)N4CCCC4)CC3)CC2)c1. The molecule has 0 bridgehead atoms. The molecule has 1 aromatic rings. The van der Waals surface area contributed by atoms with Crippen LogP contribution in [-0.4, -0.2) is 47.8 Å². The average molecular weight is 340 g/mol. The van der Waals surface area contributed by atoms with Gasteiger partial charge in [-0.05, 0) is 51.0 Å². The first-order valence-electron chi connectivity index (χ1n) is 9.75. The summed E-state index contributed by atoms with van der Waals surface area (Å²) in [4.78, 5) is 29.8. The van der Waals surface area contributed by atoms with Crippen LogP contribution in [0.25, 0.3) is 0 Å². The second-order valence-electron chi connectivity index (χ2n) is 8.05. The maximum absolute atomic E-state index is 13.2. The summed E-state index contributed by atoms with van der Waals surface area (Å²) in [5.41, 5.74) is 2.11. The first-order valence-corrected chi connectivity index (χ1v) is 9.75. The van der Waals surface area contributed by atoms with Gasteiger partial charge in [-0.2, -0.15) is 0 Å². The Morgan fingerprint density at radius 3 is 2.28 bits per heavy atom. The lowest BCUT2D eigenvalue weighted by atomic mass is 9.90. The van der Waals surface area contributed by atoms with Gasteiger partial charge in [0, 0.05) is 32.1 Å². The minimum Gasteiger partial charge on any atom is -0.342 e. The number of rotatable bonds is 3. The summed E-state index contributed by atoms with van der Waals surface area (Å²) >= 11 is 0. The Balaban J connectivity index is 1.39. The second-order valence-corrected chi connectivity index (χ2v) is 8.05. The van der Waals surface area contributed by atoms with Crippen molar-refractivity contribution in [1.29, 1.82) is 0 Å². The second kappa shape index (κ2) is 6.47. The molecule has 1 saturated carbocycles. The number of amides is 2. The van der Waals surface area contributed by atoms with Crippen LogP contribution in [0, 0.1) is 12.8 Å². The fourth-order valence-corrected chi connectivity index (χ4v) is 4.52. The van der Waals surface area contributed by atoms with Crippen molar-refractivity contribution in [3.05, 3.63) is 35.4 Å². The number of piperidine rings is 1. The molecule has 2 saturated heterocycles. The van der Waals surface area contributed by atoms with Crippen LogP contribution in [0.4, 0.5) is 0 Å². The number of hydrogen-bond donors (Lipinski definition) is 0. The number of carbonyl (C=O) groups excluding carboxylic acids is 2. The van der Waals surface area contributed by atoms with Gasteiger partial charge in [0.15, 0.2) is 0 Å². The number of hydrogen-bond acceptors (Lipinski definition) is 2. The third-order valence-electron chi connectivity index (χ3n) is 6.28. The zero-order chi connectivity index (χ0) is 17.4. The molecule has 0 unspecified atom stereocenters. The van der Waals surface area contributed by atoms with E-state index in [1.807, 2.05) is 9.80 Å². The van der Waals surface area contributed by atoms with Crippen molar-refractivity contribution in [2.24, 2.45) is 5.92 Å². The van der Waals surface area contributed by atoms with Gasteiger partial charge in [-0.15, -0.1) is 0 Å². The Hall–Kier alpha value is -1.84. The van der Waals surface area contributed by atoms with E-state index in [4.69, 9.17) is 0 Å². The molecule has 25 heavy (non-hydrogen) atoms. The highest BCUT2D eigenvalue weighted by Gasteiger charge is 2.53. The molecule has 2 heterocycles. The predicted molar refractivity (Wildman–Crippen MR) is 97.2 cm³/mol. The van der Waals surface area contributed by atoms with Gasteiger partial charge in [0.05, 0.1) is 5.41 Å². The number of likely N-dealkylation sites (tertiary alicyclic amines) is 2. The molecule has 1 aromatic carbocycles. The zero-order valence-corrected chi connectivity index (χ0v) is 15.2. The van der Waals surface area contributed by atoms with Gasteiger partial charge in [-0.3, -0.25) is 9.59 Å². The highest BCUT2D eigenvalue weighted by Crippen LogP contribution is 2.50. The number of benzene rings is 1. The molecule has 4 rings (SSSR count). The number of aryl methyl sites for hydroxylation is 1. The lowest BCUT2D eigenvalue weighted by Gasteiger charge is -2.35. The van der Waals surface area contributed by atoms with Crippen LogP contribution in [0.15, 0.2) is 24.3 Å². The third-order valence-corrected chi connectivity index (χ3v) is 6.28. The molecule has 1 aliphatic carbocycles. The third kappa shape index (κ3) is 3.07. The van der Waals surface area contributed by atoms with E-state index in [1.165, 1.54) is 11.1 Å². The minimum absolute atomic E-state index is 0.122. The van der Waals surface area contributed by atoms with Crippen LogP contribution in [-0.2, 0) is 15.0 Å². The molecule has 3 aliphatic rings. The van der Waals surface area contributed by atoms with E-state index < -0.39 is 0 Å². The Morgan fingerprint density at radius 2 is 1.68 bits per heavy atom. The summed E-state index contributed by atoms with van der Waals surface area (Å²) in [6, 6.07) is 8.40. The molecule has 0 spiro atoms. The maximum Gasteiger partial charge on any atom is 0.233 e. The van der Waals surface area contributed by atoms with Crippen LogP contribution >= 0.6 is 0 Å². The first-order chi connectivity index (χ1) is 12.1. The zero-order valence-electron chi connectivity index (χ0n) is 15.2. The molecule has 134 valence electrons. The first kappa shape index (κ1) is 16.6. The summed E-state index contributed by atoms with van der Waals surface area (Å²) in [7, 11) is 0. The van der Waals surface area contributed by atoms with Crippen LogP contribution in [0.3, 0.4) is 0 Å². The van der Waals surface area contributed by atoms with Crippen molar-refractivity contribution < 1.29 is 9.59 Å². The Kier molecular flexibility index (Phi) is 4.30. The minimum atomic E-state index is -0.280. The van der Waals surface area contributed by atoms with E-state index in [0.717, 1.165) is 64.7 Å². The van der Waals surface area contributed by atoms with Crippen molar-refractivity contribution in [2.75, 3.05) is 26.2 Å². The van der Waals surface area contributed by atoms with E-state index >= 15 is 0 Å². The topological polar surface area (TPSA) is 40.6 Å². The molecular weight excluding hydrogens is 312 g/mol. The molecule has 2 amide bonds. The van der Waals surface area contributed by atoms with E-state index in [1.54, 1.807) is 0 Å². The lowest BCUT2D eigenvalue weighted by molar-refractivity contribution is -0.141. The number of carbonyl (C=O) groups is 2. The molecule has 0 atom stereocenters. The highest BCUT2D eigenvalue weighted by molar-refractivity contribution is 5.91. The van der Waals surface area contributed by atoms with E-state index in [2.05, 4.69) is 31.2 Å². The largest absolute Gasteiger partial charge is 0.342 e. The Bertz CT molecular complexity index is 666. The quantitative estimate of drug-likeness (QED) is 0.849. The molecule has 0 aromatic heterocycles. The van der Waals surface area contributed by atoms with Gasteiger partial charge in [-0.25, -0.2) is 0 Å². The lowest BCUT2D eigenvalue weighted by Crippen LogP contribution is -2.47. The molecule has 4 heteroatoms. The van der Waals surface area contributed by atoms with Crippen molar-refractivity contribution in [3.63, 3.8) is 0 Å². The summed E-state index contributed by atoms with van der Waals surface area (Å²) < 4.78 is 0. The van der Waals surface area contributed by atoms with E-state index in [0.29, 0.717) is 5.91 Å². The maximum atomic E-state index is 13.2. The number of nitrogens with zero attached hydrogens (tertiary/aromatic N) is 2. The van der Waals surface area contributed by atoms with Gasteiger partial charge >= 0.3 is 0 Å². The monoisotopic (exact) mass is 340 g/mol. The molecule has 3 fully saturated rings. The normalized spacial score (nSPS) is 22.9. The molecule has 0 N–H and O–H groups in total. The van der Waals surface area contributed by atoms with Crippen molar-refractivity contribution in [2.45, 2.75) is 50.9 Å². The Labute approximate surface area is 150 Å².